The summed E-state index contributed by atoms with van der Waals surface area (Å²) in [4.78, 5) is 0. The van der Waals surface area contributed by atoms with Gasteiger partial charge in [-0.25, -0.2) is 0 Å². The molecule has 0 saturated carbocycles. The second kappa shape index (κ2) is 10.2. The fourth-order valence-electron chi connectivity index (χ4n) is 7.87. The molecule has 1 nitrogen and oxygen atoms in total. The van der Waals surface area contributed by atoms with Gasteiger partial charge < -0.3 is 4.57 Å². The first-order valence-corrected chi connectivity index (χ1v) is 16.3. The standard InChI is InChI=1S/C46H29N/c1-2-12-30(13-3-1)32-24-27-44-41(28-32)39-19-10-11-21-43(39)47(44)34-25-22-31(23-26-34)45-35-15-5-4-14-33(35)29-42-38-18-7-6-16-36(38)37-17-8-9-20-40(37)46(42)45/h1-29H. The fourth-order valence-corrected chi connectivity index (χ4v) is 7.87. The van der Waals surface area contributed by atoms with Gasteiger partial charge in [-0.05, 0) is 102 Å². The molecule has 0 N–H and O–H groups in total. The van der Waals surface area contributed by atoms with Gasteiger partial charge in [0.05, 0.1) is 11.0 Å². The van der Waals surface area contributed by atoms with E-state index in [1.807, 2.05) is 0 Å². The highest BCUT2D eigenvalue weighted by Crippen LogP contribution is 2.44. The lowest BCUT2D eigenvalue weighted by Gasteiger charge is -2.18. The zero-order valence-corrected chi connectivity index (χ0v) is 25.7. The number of aromatic nitrogens is 1. The Balaban J connectivity index is 1.22. The summed E-state index contributed by atoms with van der Waals surface area (Å²) in [6.07, 6.45) is 0. The summed E-state index contributed by atoms with van der Waals surface area (Å²) >= 11 is 0. The normalized spacial score (nSPS) is 11.8. The Morgan fingerprint density at radius 2 is 0.851 bits per heavy atom. The molecule has 10 aromatic rings. The fraction of sp³-hybridized carbons (Fsp3) is 0. The van der Waals surface area contributed by atoms with Gasteiger partial charge >= 0.3 is 0 Å². The van der Waals surface area contributed by atoms with E-state index in [2.05, 4.69) is 180 Å². The van der Waals surface area contributed by atoms with Crippen molar-refractivity contribution >= 4 is 64.9 Å². The predicted octanol–water partition coefficient (Wildman–Crippen LogP) is 12.7. The Hall–Kier alpha value is -6.18. The number of benzene rings is 9. The maximum Gasteiger partial charge on any atom is 0.0541 e. The van der Waals surface area contributed by atoms with E-state index >= 15 is 0 Å². The number of fused-ring (bicyclic) bond motifs is 10. The third kappa shape index (κ3) is 3.90. The molecule has 0 aliphatic carbocycles. The van der Waals surface area contributed by atoms with Gasteiger partial charge in [-0.1, -0.05) is 140 Å². The largest absolute Gasteiger partial charge is 0.309 e. The summed E-state index contributed by atoms with van der Waals surface area (Å²) in [5.41, 5.74) is 8.58. The molecule has 1 heterocycles. The van der Waals surface area contributed by atoms with Crippen LogP contribution in [0.25, 0.3) is 92.8 Å². The highest BCUT2D eigenvalue weighted by molar-refractivity contribution is 6.32. The van der Waals surface area contributed by atoms with Gasteiger partial charge in [0.2, 0.25) is 0 Å². The van der Waals surface area contributed by atoms with Gasteiger partial charge in [0, 0.05) is 16.5 Å². The molecule has 1 aromatic heterocycles. The van der Waals surface area contributed by atoms with E-state index in [0.29, 0.717) is 0 Å². The number of para-hydroxylation sites is 1. The van der Waals surface area contributed by atoms with Crippen molar-refractivity contribution in [2.24, 2.45) is 0 Å². The monoisotopic (exact) mass is 595 g/mol. The van der Waals surface area contributed by atoms with E-state index in [-0.39, 0.29) is 0 Å². The van der Waals surface area contributed by atoms with Crippen LogP contribution >= 0.6 is 0 Å². The maximum atomic E-state index is 2.41. The van der Waals surface area contributed by atoms with Crippen molar-refractivity contribution < 1.29 is 0 Å². The first kappa shape index (κ1) is 26.1. The highest BCUT2D eigenvalue weighted by Gasteiger charge is 2.17. The maximum absolute atomic E-state index is 2.41. The molecule has 0 aliphatic rings. The molecule has 0 bridgehead atoms. The zero-order chi connectivity index (χ0) is 30.9. The van der Waals surface area contributed by atoms with E-state index < -0.39 is 0 Å². The molecule has 218 valence electrons. The number of rotatable bonds is 3. The summed E-state index contributed by atoms with van der Waals surface area (Å²) < 4.78 is 2.41. The van der Waals surface area contributed by atoms with Gasteiger partial charge in [-0.2, -0.15) is 0 Å². The number of hydrogen-bond donors (Lipinski definition) is 0. The van der Waals surface area contributed by atoms with E-state index in [1.54, 1.807) is 0 Å². The number of nitrogens with zero attached hydrogens (tertiary/aromatic N) is 1. The van der Waals surface area contributed by atoms with Crippen LogP contribution < -0.4 is 0 Å². The highest BCUT2D eigenvalue weighted by atomic mass is 15.0. The summed E-state index contributed by atoms with van der Waals surface area (Å²) in [7, 11) is 0. The average Bonchev–Trinajstić information content (AvgIpc) is 3.48. The van der Waals surface area contributed by atoms with Crippen molar-refractivity contribution in [2.45, 2.75) is 0 Å². The topological polar surface area (TPSA) is 4.93 Å². The minimum atomic E-state index is 1.16. The van der Waals surface area contributed by atoms with Crippen molar-refractivity contribution in [3.8, 4) is 27.9 Å². The molecule has 0 unspecified atom stereocenters. The minimum Gasteiger partial charge on any atom is -0.309 e. The molecule has 0 amide bonds. The molecule has 0 aliphatic heterocycles. The first-order valence-electron chi connectivity index (χ1n) is 16.3. The Kier molecular flexibility index (Phi) is 5.64. The molecule has 0 spiro atoms. The molecule has 0 fully saturated rings. The first-order chi connectivity index (χ1) is 23.3. The van der Waals surface area contributed by atoms with Crippen molar-refractivity contribution in [3.63, 3.8) is 0 Å². The second-order valence-corrected chi connectivity index (χ2v) is 12.5. The van der Waals surface area contributed by atoms with Crippen LogP contribution in [0.5, 0.6) is 0 Å². The van der Waals surface area contributed by atoms with Crippen LogP contribution in [0, 0.1) is 0 Å². The van der Waals surface area contributed by atoms with Gasteiger partial charge in [-0.15, -0.1) is 0 Å². The number of hydrogen-bond acceptors (Lipinski definition) is 0. The molecule has 0 saturated heterocycles. The van der Waals surface area contributed by atoms with Crippen LogP contribution in [-0.4, -0.2) is 4.57 Å². The third-order valence-electron chi connectivity index (χ3n) is 9.95. The quantitative estimate of drug-likeness (QED) is 0.141. The zero-order valence-electron chi connectivity index (χ0n) is 25.7. The van der Waals surface area contributed by atoms with Crippen LogP contribution in [0.15, 0.2) is 176 Å². The average molecular weight is 596 g/mol. The molecule has 47 heavy (non-hydrogen) atoms. The van der Waals surface area contributed by atoms with Crippen LogP contribution in [0.4, 0.5) is 0 Å². The Morgan fingerprint density at radius 1 is 0.298 bits per heavy atom. The molecule has 0 atom stereocenters. The molecular formula is C46H29N. The minimum absolute atomic E-state index is 1.16. The van der Waals surface area contributed by atoms with Crippen LogP contribution in [-0.2, 0) is 0 Å². The lowest BCUT2D eigenvalue weighted by atomic mass is 9.86. The summed E-state index contributed by atoms with van der Waals surface area (Å²) in [6.45, 7) is 0. The lowest BCUT2D eigenvalue weighted by molar-refractivity contribution is 1.18. The Morgan fingerprint density at radius 3 is 1.62 bits per heavy atom. The van der Waals surface area contributed by atoms with Crippen molar-refractivity contribution in [1.82, 2.24) is 4.57 Å². The van der Waals surface area contributed by atoms with Gasteiger partial charge in [-0.3, -0.25) is 0 Å². The molecule has 1 heteroatoms. The summed E-state index contributed by atoms with van der Waals surface area (Å²) in [5, 5.41) is 12.9. The molecular weight excluding hydrogens is 567 g/mol. The lowest BCUT2D eigenvalue weighted by Crippen LogP contribution is -1.94. The van der Waals surface area contributed by atoms with Gasteiger partial charge in [0.25, 0.3) is 0 Å². The molecule has 0 radical (unpaired) electrons. The van der Waals surface area contributed by atoms with E-state index in [4.69, 9.17) is 0 Å². The van der Waals surface area contributed by atoms with Gasteiger partial charge in [0.1, 0.15) is 0 Å². The van der Waals surface area contributed by atoms with E-state index in [1.165, 1.54) is 87.1 Å². The van der Waals surface area contributed by atoms with E-state index in [9.17, 15) is 0 Å². The van der Waals surface area contributed by atoms with Crippen LogP contribution in [0.1, 0.15) is 0 Å². The van der Waals surface area contributed by atoms with Crippen molar-refractivity contribution in [3.05, 3.63) is 176 Å². The smallest absolute Gasteiger partial charge is 0.0541 e. The summed E-state index contributed by atoms with van der Waals surface area (Å²) in [6, 6.07) is 64.5. The predicted molar refractivity (Wildman–Crippen MR) is 202 cm³/mol. The third-order valence-corrected chi connectivity index (χ3v) is 9.95. The van der Waals surface area contributed by atoms with Crippen molar-refractivity contribution in [1.29, 1.82) is 0 Å². The SMILES string of the molecule is c1ccc(-c2ccc3c(c2)c2ccccc2n3-c2ccc(-c3c4ccccc4cc4c5ccccc5c5ccccc5c34)cc2)cc1. The van der Waals surface area contributed by atoms with E-state index in [0.717, 1.165) is 5.69 Å². The Labute approximate surface area is 272 Å². The second-order valence-electron chi connectivity index (χ2n) is 12.5. The van der Waals surface area contributed by atoms with Crippen LogP contribution in [0.2, 0.25) is 0 Å². The molecule has 9 aromatic carbocycles. The van der Waals surface area contributed by atoms with Crippen LogP contribution in [0.3, 0.4) is 0 Å². The molecule has 10 rings (SSSR count). The Bertz CT molecular complexity index is 2820. The van der Waals surface area contributed by atoms with Gasteiger partial charge in [0.15, 0.2) is 0 Å². The van der Waals surface area contributed by atoms with Crippen molar-refractivity contribution in [2.75, 3.05) is 0 Å². The summed E-state index contributed by atoms with van der Waals surface area (Å²) in [5.74, 6) is 0.